The van der Waals surface area contributed by atoms with E-state index in [-0.39, 0.29) is 11.9 Å². The van der Waals surface area contributed by atoms with E-state index in [1.807, 2.05) is 6.07 Å². The molecule has 0 unspecified atom stereocenters. The molecule has 5 heteroatoms. The maximum absolute atomic E-state index is 12.0. The van der Waals surface area contributed by atoms with E-state index in [1.165, 1.54) is 24.0 Å². The van der Waals surface area contributed by atoms with Crippen molar-refractivity contribution in [1.82, 2.24) is 5.32 Å². The number of ether oxygens (including phenoxy) is 1. The van der Waals surface area contributed by atoms with Crippen molar-refractivity contribution in [2.24, 2.45) is 0 Å². The Hall–Kier alpha value is -1.36. The number of esters is 1. The molecule has 0 atom stereocenters. The van der Waals surface area contributed by atoms with Crippen LogP contribution in [-0.4, -0.2) is 25.5 Å². The monoisotopic (exact) mass is 295 g/mol. The minimum Gasteiger partial charge on any atom is -0.469 e. The molecule has 0 saturated heterocycles. The molecule has 1 aliphatic rings. The van der Waals surface area contributed by atoms with Crippen molar-refractivity contribution in [2.75, 3.05) is 13.7 Å². The van der Waals surface area contributed by atoms with Crippen LogP contribution in [0.4, 0.5) is 0 Å². The summed E-state index contributed by atoms with van der Waals surface area (Å²) in [7, 11) is 1.40. The number of amides is 1. The van der Waals surface area contributed by atoms with Gasteiger partial charge in [-0.15, -0.1) is 11.3 Å². The number of hydrogen-bond acceptors (Lipinski definition) is 4. The second kappa shape index (κ2) is 7.43. The average molecular weight is 295 g/mol. The minimum absolute atomic E-state index is 0.0392. The summed E-state index contributed by atoms with van der Waals surface area (Å²) < 4.78 is 4.58. The first kappa shape index (κ1) is 15.0. The molecule has 0 aromatic carbocycles. The van der Waals surface area contributed by atoms with Crippen molar-refractivity contribution in [1.29, 1.82) is 0 Å². The largest absolute Gasteiger partial charge is 0.469 e. The lowest BCUT2D eigenvalue weighted by Gasteiger charge is -2.03. The summed E-state index contributed by atoms with van der Waals surface area (Å²) in [6.07, 6.45) is 6.57. The number of hydrogen-bond donors (Lipinski definition) is 1. The van der Waals surface area contributed by atoms with Crippen molar-refractivity contribution in [3.63, 3.8) is 0 Å². The number of methoxy groups -OCH3 is 1. The molecule has 1 aromatic heterocycles. The second-order valence-electron chi connectivity index (χ2n) is 5.06. The van der Waals surface area contributed by atoms with Crippen LogP contribution in [0.3, 0.4) is 0 Å². The third kappa shape index (κ3) is 4.07. The van der Waals surface area contributed by atoms with Crippen LogP contribution in [0.1, 0.15) is 52.2 Å². The van der Waals surface area contributed by atoms with Crippen LogP contribution in [0, 0.1) is 0 Å². The summed E-state index contributed by atoms with van der Waals surface area (Å²) in [5, 5.41) is 2.95. The molecule has 1 N–H and O–H groups in total. The van der Waals surface area contributed by atoms with Gasteiger partial charge < -0.3 is 10.1 Å². The average Bonchev–Trinajstić information content (AvgIpc) is 3.03. The first-order valence-corrected chi connectivity index (χ1v) is 7.99. The number of fused-ring (bicyclic) bond motifs is 1. The van der Waals surface area contributed by atoms with Gasteiger partial charge in [0.25, 0.3) is 5.91 Å². The fraction of sp³-hybridized carbons (Fsp3) is 0.600. The first-order valence-electron chi connectivity index (χ1n) is 7.17. The fourth-order valence-corrected chi connectivity index (χ4v) is 3.57. The topological polar surface area (TPSA) is 55.4 Å². The van der Waals surface area contributed by atoms with Crippen molar-refractivity contribution >= 4 is 23.2 Å². The van der Waals surface area contributed by atoms with Gasteiger partial charge in [0, 0.05) is 17.8 Å². The van der Waals surface area contributed by atoms with E-state index in [4.69, 9.17) is 0 Å². The van der Waals surface area contributed by atoms with Crippen molar-refractivity contribution < 1.29 is 14.3 Å². The SMILES string of the molecule is COC(=O)CCCCCNC(=O)c1cc2c(s1)CCC2. The molecule has 1 heterocycles. The number of unbranched alkanes of at least 4 members (excludes halogenated alkanes) is 2. The lowest BCUT2D eigenvalue weighted by molar-refractivity contribution is -0.140. The minimum atomic E-state index is -0.165. The van der Waals surface area contributed by atoms with Gasteiger partial charge in [-0.1, -0.05) is 6.42 Å². The third-order valence-electron chi connectivity index (χ3n) is 3.54. The van der Waals surface area contributed by atoms with Gasteiger partial charge in [0.15, 0.2) is 0 Å². The molecule has 20 heavy (non-hydrogen) atoms. The normalized spacial score (nSPS) is 13.1. The third-order valence-corrected chi connectivity index (χ3v) is 4.78. The van der Waals surface area contributed by atoms with Gasteiger partial charge in [-0.2, -0.15) is 0 Å². The lowest BCUT2D eigenvalue weighted by Crippen LogP contribution is -2.23. The Morgan fingerprint density at radius 2 is 2.15 bits per heavy atom. The predicted octanol–water partition coefficient (Wildman–Crippen LogP) is 2.70. The lowest BCUT2D eigenvalue weighted by atomic mass is 10.2. The van der Waals surface area contributed by atoms with E-state index in [0.29, 0.717) is 13.0 Å². The Morgan fingerprint density at radius 1 is 1.30 bits per heavy atom. The Balaban J connectivity index is 1.61. The molecule has 0 radical (unpaired) electrons. The van der Waals surface area contributed by atoms with Crippen LogP contribution >= 0.6 is 11.3 Å². The van der Waals surface area contributed by atoms with Crippen molar-refractivity contribution in [3.05, 3.63) is 21.4 Å². The fourth-order valence-electron chi connectivity index (χ4n) is 2.40. The number of nitrogens with one attached hydrogen (secondary N) is 1. The highest BCUT2D eigenvalue weighted by molar-refractivity contribution is 7.14. The highest BCUT2D eigenvalue weighted by Gasteiger charge is 2.17. The van der Waals surface area contributed by atoms with Crippen LogP contribution in [0.2, 0.25) is 0 Å². The van der Waals surface area contributed by atoms with Crippen LogP contribution < -0.4 is 5.32 Å². The zero-order chi connectivity index (χ0) is 14.4. The Morgan fingerprint density at radius 3 is 2.90 bits per heavy atom. The summed E-state index contributed by atoms with van der Waals surface area (Å²) in [4.78, 5) is 25.1. The molecule has 0 saturated carbocycles. The molecule has 0 aliphatic heterocycles. The number of carbonyl (C=O) groups excluding carboxylic acids is 2. The van der Waals surface area contributed by atoms with Crippen LogP contribution in [-0.2, 0) is 22.4 Å². The maximum Gasteiger partial charge on any atom is 0.305 e. The van der Waals surface area contributed by atoms with Crippen LogP contribution in [0.15, 0.2) is 6.07 Å². The quantitative estimate of drug-likeness (QED) is 0.621. The van der Waals surface area contributed by atoms with Crippen LogP contribution in [0.5, 0.6) is 0 Å². The predicted molar refractivity (Wildman–Crippen MR) is 79.2 cm³/mol. The number of carbonyl (C=O) groups is 2. The Bertz CT molecular complexity index is 460. The van der Waals surface area contributed by atoms with Crippen molar-refractivity contribution in [3.8, 4) is 0 Å². The van der Waals surface area contributed by atoms with Gasteiger partial charge in [-0.05, 0) is 43.7 Å². The molecule has 1 aromatic rings. The molecule has 2 rings (SSSR count). The summed E-state index contributed by atoms with van der Waals surface area (Å²) >= 11 is 1.63. The summed E-state index contributed by atoms with van der Waals surface area (Å²) in [6.45, 7) is 0.669. The van der Waals surface area contributed by atoms with E-state index in [9.17, 15) is 9.59 Å². The van der Waals surface area contributed by atoms with Gasteiger partial charge in [0.1, 0.15) is 0 Å². The highest BCUT2D eigenvalue weighted by Crippen LogP contribution is 2.30. The molecule has 1 amide bonds. The standard InChI is InChI=1S/C15H21NO3S/c1-19-14(17)8-3-2-4-9-16-15(18)13-10-11-6-5-7-12(11)20-13/h10H,2-9H2,1H3,(H,16,18). The molecule has 0 fully saturated rings. The smallest absolute Gasteiger partial charge is 0.305 e. The molecule has 0 bridgehead atoms. The summed E-state index contributed by atoms with van der Waals surface area (Å²) in [6, 6.07) is 2.04. The summed E-state index contributed by atoms with van der Waals surface area (Å²) in [5.74, 6) is -0.125. The molecular weight excluding hydrogens is 274 g/mol. The Kier molecular flexibility index (Phi) is 5.59. The van der Waals surface area contributed by atoms with Crippen molar-refractivity contribution in [2.45, 2.75) is 44.9 Å². The molecule has 0 spiro atoms. The van der Waals surface area contributed by atoms with E-state index < -0.39 is 0 Å². The molecular formula is C15H21NO3S. The number of aryl methyl sites for hydroxylation is 2. The van der Waals surface area contributed by atoms with Gasteiger partial charge in [0.05, 0.1) is 12.0 Å². The summed E-state index contributed by atoms with van der Waals surface area (Å²) in [5.41, 5.74) is 1.36. The number of rotatable bonds is 7. The molecule has 110 valence electrons. The van der Waals surface area contributed by atoms with E-state index in [1.54, 1.807) is 11.3 Å². The van der Waals surface area contributed by atoms with Gasteiger partial charge in [0.2, 0.25) is 0 Å². The van der Waals surface area contributed by atoms with E-state index >= 15 is 0 Å². The van der Waals surface area contributed by atoms with Gasteiger partial charge in [-0.25, -0.2) is 0 Å². The van der Waals surface area contributed by atoms with Crippen LogP contribution in [0.25, 0.3) is 0 Å². The van der Waals surface area contributed by atoms with E-state index in [0.717, 1.165) is 37.0 Å². The maximum atomic E-state index is 12.0. The molecule has 4 nitrogen and oxygen atoms in total. The number of thiophene rings is 1. The van der Waals surface area contributed by atoms with Gasteiger partial charge in [-0.3, -0.25) is 9.59 Å². The molecule has 1 aliphatic carbocycles. The van der Waals surface area contributed by atoms with E-state index in [2.05, 4.69) is 10.1 Å². The zero-order valence-electron chi connectivity index (χ0n) is 11.9. The van der Waals surface area contributed by atoms with Gasteiger partial charge >= 0.3 is 5.97 Å². The highest BCUT2D eigenvalue weighted by atomic mass is 32.1. The Labute approximate surface area is 123 Å². The second-order valence-corrected chi connectivity index (χ2v) is 6.19. The zero-order valence-corrected chi connectivity index (χ0v) is 12.7. The first-order chi connectivity index (χ1) is 9.70.